The molecule has 5 nitrogen and oxygen atoms in total. The maximum absolute atomic E-state index is 13.2. The fourth-order valence-corrected chi connectivity index (χ4v) is 4.45. The third kappa shape index (κ3) is 7.09. The smallest absolute Gasteiger partial charge is 0.181 e. The van der Waals surface area contributed by atoms with E-state index in [9.17, 15) is 4.79 Å². The number of aromatic nitrogens is 1. The van der Waals surface area contributed by atoms with Crippen LogP contribution in [0.25, 0.3) is 0 Å². The number of ketones is 1. The van der Waals surface area contributed by atoms with Gasteiger partial charge in [0, 0.05) is 49.8 Å². The van der Waals surface area contributed by atoms with Crippen molar-refractivity contribution < 1.29 is 4.79 Å². The second-order valence-electron chi connectivity index (χ2n) is 10.3. The number of rotatable bonds is 10. The van der Waals surface area contributed by atoms with Gasteiger partial charge in [-0.15, -0.1) is 0 Å². The van der Waals surface area contributed by atoms with Gasteiger partial charge in [-0.2, -0.15) is 0 Å². The van der Waals surface area contributed by atoms with Gasteiger partial charge >= 0.3 is 0 Å². The van der Waals surface area contributed by atoms with Gasteiger partial charge < -0.3 is 5.32 Å². The number of anilines is 2. The van der Waals surface area contributed by atoms with Crippen molar-refractivity contribution in [3.63, 3.8) is 0 Å². The average Bonchev–Trinajstić information content (AvgIpc) is 3.07. The number of carbonyl (C=O) groups excluding carboxylic acids is 1. The van der Waals surface area contributed by atoms with E-state index in [1.54, 1.807) is 13.3 Å². The minimum atomic E-state index is 0.0748. The highest BCUT2D eigenvalue weighted by atomic mass is 16.1. The van der Waals surface area contributed by atoms with Gasteiger partial charge in [0.15, 0.2) is 5.78 Å². The minimum absolute atomic E-state index is 0.0748. The Bertz CT molecular complexity index is 1150. The van der Waals surface area contributed by atoms with Gasteiger partial charge in [-0.3, -0.25) is 14.8 Å². The number of carbonyl (C=O) groups is 1. The Balaban J connectivity index is 1.67. The van der Waals surface area contributed by atoms with Gasteiger partial charge in [0.25, 0.3) is 0 Å². The summed E-state index contributed by atoms with van der Waals surface area (Å²) in [4.78, 5) is 26.5. The standard InChI is InChI=1S/C31H40N4O/c1-7-22(11-17-28(36)30-27(21-32-6)23(8-2)10-9-19-33-30)24-12-18-29(34-20-24)35-26-15-13-25(14-16-26)31(3,4)5/h10,12-16,18-22H,7-9,11,17H2,1-6H3,(H,34,35). The summed E-state index contributed by atoms with van der Waals surface area (Å²) in [6.45, 7) is 10.9. The topological polar surface area (TPSA) is 66.7 Å². The number of aliphatic imine (C=N–C) groups is 2. The van der Waals surface area contributed by atoms with Crippen molar-refractivity contribution in [3.8, 4) is 0 Å². The van der Waals surface area contributed by atoms with Crippen LogP contribution < -0.4 is 5.32 Å². The van der Waals surface area contributed by atoms with E-state index < -0.39 is 0 Å². The zero-order valence-electron chi connectivity index (χ0n) is 22.6. The summed E-state index contributed by atoms with van der Waals surface area (Å²) in [5.41, 5.74) is 6.14. The molecule has 0 bridgehead atoms. The normalized spacial score (nSPS) is 15.1. The van der Waals surface area contributed by atoms with Crippen LogP contribution in [0.4, 0.5) is 11.5 Å². The first-order valence-electron chi connectivity index (χ1n) is 13.0. The SMILES string of the molecule is CCC1=CCC=NC(C(=O)CCC(CC)c2ccc(Nc3ccc(C(C)(C)C)cc3)nc2)=C1C=NC. The van der Waals surface area contributed by atoms with Crippen molar-refractivity contribution in [2.24, 2.45) is 9.98 Å². The van der Waals surface area contributed by atoms with E-state index in [0.717, 1.165) is 53.9 Å². The summed E-state index contributed by atoms with van der Waals surface area (Å²) in [5.74, 6) is 1.15. The zero-order chi connectivity index (χ0) is 26.1. The molecule has 1 aromatic heterocycles. The summed E-state index contributed by atoms with van der Waals surface area (Å²) in [7, 11) is 1.73. The Morgan fingerprint density at radius 1 is 1.14 bits per heavy atom. The number of Topliss-reactive ketones (excluding diaryl/α,β-unsaturated/α-hetero) is 1. The Morgan fingerprint density at radius 3 is 2.47 bits per heavy atom. The van der Waals surface area contributed by atoms with E-state index in [1.807, 2.05) is 18.5 Å². The molecule has 1 aliphatic rings. The molecule has 1 aromatic carbocycles. The van der Waals surface area contributed by atoms with Gasteiger partial charge in [0.1, 0.15) is 11.5 Å². The summed E-state index contributed by atoms with van der Waals surface area (Å²) in [6.07, 6.45) is 11.4. The number of hydrogen-bond donors (Lipinski definition) is 1. The maximum atomic E-state index is 13.2. The molecule has 1 aliphatic heterocycles. The predicted molar refractivity (Wildman–Crippen MR) is 153 cm³/mol. The fourth-order valence-electron chi connectivity index (χ4n) is 4.45. The lowest BCUT2D eigenvalue weighted by molar-refractivity contribution is -0.115. The summed E-state index contributed by atoms with van der Waals surface area (Å²) in [5, 5.41) is 3.39. The van der Waals surface area contributed by atoms with Crippen LogP contribution in [0.1, 0.15) is 83.8 Å². The van der Waals surface area contributed by atoms with Gasteiger partial charge in [-0.05, 0) is 65.5 Å². The fraction of sp³-hybridized carbons (Fsp3) is 0.419. The van der Waals surface area contributed by atoms with Crippen molar-refractivity contribution in [3.05, 3.63) is 76.6 Å². The number of pyridine rings is 1. The molecule has 0 fully saturated rings. The molecule has 0 radical (unpaired) electrons. The molecule has 0 saturated heterocycles. The Morgan fingerprint density at radius 2 is 1.89 bits per heavy atom. The zero-order valence-corrected chi connectivity index (χ0v) is 22.6. The molecule has 3 rings (SSSR count). The Labute approximate surface area is 216 Å². The lowest BCUT2D eigenvalue weighted by atomic mass is 9.87. The quantitative estimate of drug-likeness (QED) is 0.351. The Kier molecular flexibility index (Phi) is 9.51. The molecule has 36 heavy (non-hydrogen) atoms. The minimum Gasteiger partial charge on any atom is -0.340 e. The maximum Gasteiger partial charge on any atom is 0.181 e. The Hall–Kier alpha value is -3.34. The number of allylic oxidation sites excluding steroid dienone is 4. The average molecular weight is 485 g/mol. The molecule has 1 unspecified atom stereocenters. The molecule has 190 valence electrons. The molecule has 5 heteroatoms. The van der Waals surface area contributed by atoms with Gasteiger partial charge in [0.2, 0.25) is 0 Å². The first-order chi connectivity index (χ1) is 17.3. The summed E-state index contributed by atoms with van der Waals surface area (Å²) >= 11 is 0. The van der Waals surface area contributed by atoms with Crippen molar-refractivity contribution in [1.29, 1.82) is 0 Å². The van der Waals surface area contributed by atoms with Crippen LogP contribution in [-0.2, 0) is 10.2 Å². The van der Waals surface area contributed by atoms with Crippen LogP contribution in [-0.4, -0.2) is 30.2 Å². The van der Waals surface area contributed by atoms with Crippen molar-refractivity contribution in [2.75, 3.05) is 12.4 Å². The third-order valence-corrected chi connectivity index (χ3v) is 6.69. The lowest BCUT2D eigenvalue weighted by Gasteiger charge is -2.19. The van der Waals surface area contributed by atoms with Crippen LogP contribution in [0, 0.1) is 0 Å². The monoisotopic (exact) mass is 484 g/mol. The van der Waals surface area contributed by atoms with Crippen molar-refractivity contribution in [1.82, 2.24) is 4.98 Å². The molecule has 0 saturated carbocycles. The second-order valence-corrected chi connectivity index (χ2v) is 10.3. The molecule has 2 aromatic rings. The largest absolute Gasteiger partial charge is 0.340 e. The number of benzene rings is 1. The molecular formula is C31H40N4O. The first-order valence-corrected chi connectivity index (χ1v) is 13.0. The highest BCUT2D eigenvalue weighted by Gasteiger charge is 2.20. The van der Waals surface area contributed by atoms with Crippen LogP contribution >= 0.6 is 0 Å². The van der Waals surface area contributed by atoms with E-state index in [1.165, 1.54) is 5.56 Å². The molecule has 0 amide bonds. The van der Waals surface area contributed by atoms with Crippen molar-refractivity contribution in [2.45, 2.75) is 78.1 Å². The van der Waals surface area contributed by atoms with E-state index in [0.29, 0.717) is 12.1 Å². The molecule has 1 N–H and O–H groups in total. The van der Waals surface area contributed by atoms with E-state index in [-0.39, 0.29) is 17.1 Å². The first kappa shape index (κ1) is 27.3. The highest BCUT2D eigenvalue weighted by Crippen LogP contribution is 2.29. The summed E-state index contributed by atoms with van der Waals surface area (Å²) in [6, 6.07) is 12.6. The molecular weight excluding hydrogens is 444 g/mol. The lowest BCUT2D eigenvalue weighted by Crippen LogP contribution is -2.10. The molecule has 0 spiro atoms. The molecule has 2 heterocycles. The van der Waals surface area contributed by atoms with E-state index >= 15 is 0 Å². The number of hydrogen-bond acceptors (Lipinski definition) is 5. The van der Waals surface area contributed by atoms with Gasteiger partial charge in [-0.25, -0.2) is 4.98 Å². The van der Waals surface area contributed by atoms with Crippen LogP contribution in [0.2, 0.25) is 0 Å². The van der Waals surface area contributed by atoms with Crippen LogP contribution in [0.15, 0.2) is 75.5 Å². The predicted octanol–water partition coefficient (Wildman–Crippen LogP) is 7.73. The molecule has 0 aliphatic carbocycles. The van der Waals surface area contributed by atoms with E-state index in [2.05, 4.69) is 91.3 Å². The van der Waals surface area contributed by atoms with Crippen LogP contribution in [0.5, 0.6) is 0 Å². The third-order valence-electron chi connectivity index (χ3n) is 6.69. The summed E-state index contributed by atoms with van der Waals surface area (Å²) < 4.78 is 0. The number of nitrogens with zero attached hydrogens (tertiary/aromatic N) is 3. The van der Waals surface area contributed by atoms with Crippen LogP contribution in [0.3, 0.4) is 0 Å². The highest BCUT2D eigenvalue weighted by molar-refractivity contribution is 6.04. The van der Waals surface area contributed by atoms with Gasteiger partial charge in [0.05, 0.1) is 0 Å². The molecule has 1 atom stereocenters. The van der Waals surface area contributed by atoms with Gasteiger partial charge in [-0.1, -0.05) is 58.9 Å². The van der Waals surface area contributed by atoms with Crippen molar-refractivity contribution >= 4 is 29.7 Å². The number of nitrogens with one attached hydrogen (secondary N) is 1. The van der Waals surface area contributed by atoms with E-state index in [4.69, 9.17) is 0 Å². The second kappa shape index (κ2) is 12.6.